The van der Waals surface area contributed by atoms with Gasteiger partial charge in [0.05, 0.1) is 18.8 Å². The third-order valence-corrected chi connectivity index (χ3v) is 14.8. The molecule has 0 fully saturated rings. The Labute approximate surface area is 343 Å². The predicted octanol–water partition coefficient (Wildman–Crippen LogP) is 5.65. The van der Waals surface area contributed by atoms with Crippen molar-refractivity contribution in [1.82, 2.24) is 4.57 Å². The predicted molar refractivity (Wildman–Crippen MR) is 189 cm³/mol. The molecule has 0 spiro atoms. The van der Waals surface area contributed by atoms with Crippen LogP contribution < -0.4 is 56.0 Å². The number of rotatable bonds is 10. The van der Waals surface area contributed by atoms with Gasteiger partial charge in [-0.2, -0.15) is 0 Å². The summed E-state index contributed by atoms with van der Waals surface area (Å²) in [5.41, 5.74) is 0.121. The van der Waals surface area contributed by atoms with Crippen LogP contribution in [0.3, 0.4) is 0 Å². The average Bonchev–Trinajstić information content (AvgIpc) is 3.10. The summed E-state index contributed by atoms with van der Waals surface area (Å²) in [6, 6.07) is 0. The van der Waals surface area contributed by atoms with Gasteiger partial charge < -0.3 is 33.2 Å². The Balaban J connectivity index is -0.000000153. The molecule has 7 nitrogen and oxygen atoms in total. The molecule has 0 unspecified atom stereocenters. The summed E-state index contributed by atoms with van der Waals surface area (Å²) in [5, 5.41) is 4.55. The standard InChI is InChI=1S/C13H23N3.2C6H18NSi2.C4H10O2.K.Sm/c1-12(2,3)14-7-8-15-9-10-16(11-15)13(4,5)6;2*1-8(2,3)7-9(4,5)6;1-5-3-4-6-2;;/h10H,7-8H2,1-6H3;2*1-6H3;3-4H2,1-2H3;;/q-2;2*-1;;+1;+3. The van der Waals surface area contributed by atoms with Crippen LogP contribution >= 0.6 is 0 Å². The van der Waals surface area contributed by atoms with Gasteiger partial charge in [-0.3, -0.25) is 6.20 Å². The largest absolute Gasteiger partial charge is 3.00 e. The fourth-order valence-electron chi connectivity index (χ4n) is 3.44. The minimum absolute atomic E-state index is 0. The molecule has 1 heterocycles. The van der Waals surface area contributed by atoms with E-state index >= 15 is 0 Å². The van der Waals surface area contributed by atoms with E-state index in [1.807, 2.05) is 15.3 Å². The molecule has 0 saturated carbocycles. The molecule has 0 N–H and O–H groups in total. The van der Waals surface area contributed by atoms with Crippen molar-refractivity contribution in [3.63, 3.8) is 0 Å². The number of aromatic nitrogens is 2. The summed E-state index contributed by atoms with van der Waals surface area (Å²) in [5.74, 6) is 0. The Morgan fingerprint density at radius 3 is 1.21 bits per heavy atom. The monoisotopic (exact) mass is 822 g/mol. The van der Waals surface area contributed by atoms with E-state index in [1.54, 1.807) is 14.2 Å². The van der Waals surface area contributed by atoms with E-state index in [0.717, 1.165) is 13.1 Å². The Bertz CT molecular complexity index is 709. The summed E-state index contributed by atoms with van der Waals surface area (Å²) < 4.78 is 22.9. The van der Waals surface area contributed by atoms with E-state index in [2.05, 4.69) is 147 Å². The third-order valence-electron chi connectivity index (χ3n) is 4.04. The second-order valence-electron chi connectivity index (χ2n) is 16.0. The fourth-order valence-corrected chi connectivity index (χ4v) is 19.5. The van der Waals surface area contributed by atoms with Gasteiger partial charge in [0, 0.05) is 20.8 Å². The van der Waals surface area contributed by atoms with Crippen LogP contribution in [0.2, 0.25) is 78.6 Å². The zero-order chi connectivity index (χ0) is 32.6. The molecule has 0 aliphatic rings. The van der Waals surface area contributed by atoms with Crippen LogP contribution in [0.4, 0.5) is 0 Å². The summed E-state index contributed by atoms with van der Waals surface area (Å²) in [6.45, 7) is 43.4. The summed E-state index contributed by atoms with van der Waals surface area (Å²) >= 11 is 0. The first kappa shape index (κ1) is 54.3. The van der Waals surface area contributed by atoms with Crippen molar-refractivity contribution in [2.24, 2.45) is 0 Å². The SMILES string of the molecule is CC(C)(C)[N-]CC[n+]1[c-]cn(C(C)(C)C)[c-]1.COCCOC.C[Si](C)(C)[N-][Si](C)(C)C.C[Si](C)(C)[N-][Si](C)(C)C.[K+].[Sm+3]. The molecule has 245 valence electrons. The number of nitrogens with zero attached hydrogens (tertiary/aromatic N) is 5. The number of hydrogen-bond acceptors (Lipinski definition) is 2. The molecule has 1 aromatic heterocycles. The molecule has 13 heteroatoms. The molecular formula is C29H69KN5O2Si4Sm. The van der Waals surface area contributed by atoms with Crippen molar-refractivity contribution in [3.05, 3.63) is 33.3 Å². The maximum absolute atomic E-state index is 4.82. The summed E-state index contributed by atoms with van der Waals surface area (Å²) in [7, 11) is -1.12. The third kappa shape index (κ3) is 47.3. The molecule has 1 radical (unpaired) electrons. The van der Waals surface area contributed by atoms with Gasteiger partial charge in [-0.05, 0) is 20.8 Å². The van der Waals surface area contributed by atoms with Crippen molar-refractivity contribution in [2.45, 2.75) is 138 Å². The molecule has 0 aliphatic heterocycles. The Morgan fingerprint density at radius 1 is 0.690 bits per heavy atom. The van der Waals surface area contributed by atoms with E-state index in [-0.39, 0.29) is 103 Å². The minimum Gasteiger partial charge on any atom is -0.668 e. The molecule has 42 heavy (non-hydrogen) atoms. The number of ether oxygens (including phenoxy) is 2. The molecule has 0 amide bonds. The van der Waals surface area contributed by atoms with E-state index < -0.39 is 32.9 Å². The smallest absolute Gasteiger partial charge is 0.668 e. The first-order valence-electron chi connectivity index (χ1n) is 14.6. The summed E-state index contributed by atoms with van der Waals surface area (Å²) in [4.78, 5) is 0. The number of imidazole rings is 1. The van der Waals surface area contributed by atoms with E-state index in [1.165, 1.54) is 0 Å². The van der Waals surface area contributed by atoms with Gasteiger partial charge in [0.25, 0.3) is 0 Å². The Morgan fingerprint density at radius 2 is 1.02 bits per heavy atom. The zero-order valence-corrected chi connectivity index (χ0v) is 41.6. The number of methoxy groups -OCH3 is 2. The molecule has 0 aromatic carbocycles. The van der Waals surface area contributed by atoms with E-state index in [9.17, 15) is 0 Å². The molecule has 1 rings (SSSR count). The Hall–Kier alpha value is 2.85. The molecule has 0 aliphatic carbocycles. The normalized spacial score (nSPS) is 12.3. The van der Waals surface area contributed by atoms with Crippen molar-refractivity contribution < 1.29 is 106 Å². The number of hydrogen-bond donors (Lipinski definition) is 0. The molecule has 0 atom stereocenters. The van der Waals surface area contributed by atoms with Crippen LogP contribution in [0.15, 0.2) is 6.20 Å². The average molecular weight is 822 g/mol. The maximum Gasteiger partial charge on any atom is 3.00 e. The quantitative estimate of drug-likeness (QED) is 0.133. The molecule has 1 aromatic rings. The van der Waals surface area contributed by atoms with Crippen LogP contribution in [0, 0.1) is 52.9 Å². The Kier molecular flexibility index (Phi) is 32.2. The summed E-state index contributed by atoms with van der Waals surface area (Å²) in [6.07, 6.45) is 8.36. The van der Waals surface area contributed by atoms with Crippen LogP contribution in [0.25, 0.3) is 14.6 Å². The second kappa shape index (κ2) is 24.9. The van der Waals surface area contributed by atoms with Gasteiger partial charge in [0.15, 0.2) is 0 Å². The van der Waals surface area contributed by atoms with Gasteiger partial charge in [-0.25, -0.2) is 0 Å². The van der Waals surface area contributed by atoms with E-state index in [4.69, 9.17) is 9.30 Å². The van der Waals surface area contributed by atoms with E-state index in [0.29, 0.717) is 13.2 Å². The molecular weight excluding hydrogens is 752 g/mol. The first-order valence-corrected chi connectivity index (χ1v) is 28.4. The molecule has 0 saturated heterocycles. The van der Waals surface area contributed by atoms with Crippen molar-refractivity contribution in [1.29, 1.82) is 0 Å². The van der Waals surface area contributed by atoms with Crippen molar-refractivity contribution in [3.8, 4) is 0 Å². The maximum atomic E-state index is 4.82. The second-order valence-corrected chi connectivity index (χ2v) is 35.2. The fraction of sp³-hybridized carbons (Fsp3) is 0.897. The van der Waals surface area contributed by atoms with Gasteiger partial charge in [-0.1, -0.05) is 138 Å². The van der Waals surface area contributed by atoms with Crippen LogP contribution in [-0.2, 0) is 21.6 Å². The first-order chi connectivity index (χ1) is 17.5. The topological polar surface area (TPSA) is 69.6 Å². The minimum atomic E-state index is -1.11. The van der Waals surface area contributed by atoms with Crippen LogP contribution in [0.5, 0.6) is 0 Å². The van der Waals surface area contributed by atoms with Gasteiger partial charge >= 0.3 is 91.8 Å². The van der Waals surface area contributed by atoms with Crippen molar-refractivity contribution in [2.75, 3.05) is 34.0 Å². The van der Waals surface area contributed by atoms with Crippen LogP contribution in [-0.4, -0.2) is 77.0 Å². The van der Waals surface area contributed by atoms with Gasteiger partial charge in [0.2, 0.25) is 0 Å². The van der Waals surface area contributed by atoms with Crippen molar-refractivity contribution >= 4 is 32.9 Å². The molecule has 0 bridgehead atoms. The van der Waals surface area contributed by atoms with Crippen LogP contribution in [0.1, 0.15) is 41.5 Å². The van der Waals surface area contributed by atoms with Gasteiger partial charge in [0.1, 0.15) is 0 Å². The van der Waals surface area contributed by atoms with Gasteiger partial charge in [-0.15, -0.1) is 18.4 Å². The zero-order valence-electron chi connectivity index (χ0n) is 31.9.